The van der Waals surface area contributed by atoms with Crippen LogP contribution in [0.3, 0.4) is 0 Å². The maximum absolute atomic E-state index is 12.0. The summed E-state index contributed by atoms with van der Waals surface area (Å²) in [7, 11) is 0. The van der Waals surface area contributed by atoms with Crippen LogP contribution in [0.2, 0.25) is 0 Å². The van der Waals surface area contributed by atoms with Crippen molar-refractivity contribution < 1.29 is 0 Å². The Morgan fingerprint density at radius 3 is 3.18 bits per heavy atom. The Morgan fingerprint density at radius 2 is 2.27 bits per heavy atom. The first-order valence-electron chi connectivity index (χ1n) is 7.32. The lowest BCUT2D eigenvalue weighted by atomic mass is 10.3. The molecule has 22 heavy (non-hydrogen) atoms. The lowest BCUT2D eigenvalue weighted by molar-refractivity contribution is 0.588. The number of hydrogen-bond donors (Lipinski definition) is 2. The molecule has 0 aliphatic carbocycles. The first-order chi connectivity index (χ1) is 10.8. The summed E-state index contributed by atoms with van der Waals surface area (Å²) in [6, 6.07) is 5.60. The van der Waals surface area contributed by atoms with Crippen LogP contribution in [-0.2, 0) is 13.1 Å². The van der Waals surface area contributed by atoms with E-state index < -0.39 is 0 Å². The lowest BCUT2D eigenvalue weighted by Crippen LogP contribution is -2.13. The number of fused-ring (bicyclic) bond motifs is 1. The van der Waals surface area contributed by atoms with Crippen LogP contribution < -0.4 is 10.9 Å². The van der Waals surface area contributed by atoms with Crippen LogP contribution in [0.25, 0.3) is 17.2 Å². The van der Waals surface area contributed by atoms with Crippen molar-refractivity contribution in [3.63, 3.8) is 0 Å². The van der Waals surface area contributed by atoms with Gasteiger partial charge in [-0.3, -0.25) is 14.0 Å². The number of aromatic amines is 1. The van der Waals surface area contributed by atoms with Crippen LogP contribution in [0.15, 0.2) is 41.6 Å². The molecule has 0 bridgehead atoms. The number of H-pyrrole nitrogens is 1. The standard InChI is InChI=1S/C15H16N6O/c22-15-13(3-1-5-18-15)20-8-6-17-14(20)12-9-11-10-16-4-2-7-21(11)19-12/h1,3,5-6,8-9,16H,2,4,7,10H2,(H,18,22). The Bertz CT molecular complexity index is 835. The number of nitrogens with zero attached hydrogens (tertiary/aromatic N) is 4. The average Bonchev–Trinajstić information content (AvgIpc) is 3.10. The third-order valence-corrected chi connectivity index (χ3v) is 3.82. The van der Waals surface area contributed by atoms with E-state index in [0.29, 0.717) is 11.5 Å². The minimum atomic E-state index is -0.149. The topological polar surface area (TPSA) is 80.5 Å². The predicted molar refractivity (Wildman–Crippen MR) is 81.7 cm³/mol. The maximum Gasteiger partial charge on any atom is 0.272 e. The third-order valence-electron chi connectivity index (χ3n) is 3.82. The van der Waals surface area contributed by atoms with Gasteiger partial charge in [0.05, 0.1) is 5.69 Å². The Kier molecular flexibility index (Phi) is 3.12. The molecule has 0 saturated carbocycles. The molecule has 7 heteroatoms. The molecule has 0 spiro atoms. The van der Waals surface area contributed by atoms with Crippen molar-refractivity contribution in [3.05, 3.63) is 52.8 Å². The Morgan fingerprint density at radius 1 is 1.32 bits per heavy atom. The molecule has 0 aromatic carbocycles. The molecule has 3 aromatic heterocycles. The molecular weight excluding hydrogens is 280 g/mol. The van der Waals surface area contributed by atoms with E-state index in [-0.39, 0.29) is 5.56 Å². The van der Waals surface area contributed by atoms with Crippen LogP contribution in [-0.4, -0.2) is 30.9 Å². The summed E-state index contributed by atoms with van der Waals surface area (Å²) < 4.78 is 3.79. The third kappa shape index (κ3) is 2.15. The molecule has 0 saturated heterocycles. The number of pyridine rings is 1. The van der Waals surface area contributed by atoms with Crippen molar-refractivity contribution in [2.24, 2.45) is 0 Å². The molecule has 4 rings (SSSR count). The van der Waals surface area contributed by atoms with Crippen molar-refractivity contribution in [2.75, 3.05) is 6.54 Å². The molecule has 112 valence electrons. The molecule has 2 N–H and O–H groups in total. The molecule has 0 amide bonds. The van der Waals surface area contributed by atoms with E-state index in [4.69, 9.17) is 0 Å². The molecule has 0 unspecified atom stereocenters. The predicted octanol–water partition coefficient (Wildman–Crippen LogP) is 0.917. The molecule has 0 fully saturated rings. The van der Waals surface area contributed by atoms with Gasteiger partial charge >= 0.3 is 0 Å². The highest BCUT2D eigenvalue weighted by Gasteiger charge is 2.16. The zero-order valence-electron chi connectivity index (χ0n) is 12.0. The van der Waals surface area contributed by atoms with Gasteiger partial charge in [0.15, 0.2) is 5.82 Å². The second kappa shape index (κ2) is 5.27. The quantitative estimate of drug-likeness (QED) is 0.737. The maximum atomic E-state index is 12.0. The van der Waals surface area contributed by atoms with E-state index in [1.165, 1.54) is 0 Å². The van der Waals surface area contributed by atoms with Gasteiger partial charge < -0.3 is 10.3 Å². The first-order valence-corrected chi connectivity index (χ1v) is 7.32. The number of rotatable bonds is 2. The highest BCUT2D eigenvalue weighted by atomic mass is 16.1. The lowest BCUT2D eigenvalue weighted by Gasteiger charge is -2.04. The van der Waals surface area contributed by atoms with E-state index in [1.807, 2.05) is 10.7 Å². The van der Waals surface area contributed by atoms with Crippen LogP contribution in [0, 0.1) is 0 Å². The summed E-state index contributed by atoms with van der Waals surface area (Å²) in [6.45, 7) is 2.71. The van der Waals surface area contributed by atoms with Gasteiger partial charge in [-0.15, -0.1) is 0 Å². The van der Waals surface area contributed by atoms with Crippen LogP contribution >= 0.6 is 0 Å². The zero-order valence-corrected chi connectivity index (χ0v) is 12.0. The van der Waals surface area contributed by atoms with Crippen molar-refractivity contribution in [1.29, 1.82) is 0 Å². The van der Waals surface area contributed by atoms with E-state index in [1.54, 1.807) is 35.3 Å². The molecule has 4 heterocycles. The van der Waals surface area contributed by atoms with Crippen LogP contribution in [0.1, 0.15) is 12.1 Å². The fourth-order valence-corrected chi connectivity index (χ4v) is 2.76. The number of aryl methyl sites for hydroxylation is 1. The van der Waals surface area contributed by atoms with E-state index in [9.17, 15) is 4.79 Å². The molecule has 1 aliphatic heterocycles. The Balaban J connectivity index is 1.81. The molecular formula is C15H16N6O. The van der Waals surface area contributed by atoms with Crippen LogP contribution in [0.4, 0.5) is 0 Å². The SMILES string of the molecule is O=c1[nH]cccc1-n1ccnc1-c1cc2n(n1)CCCNC2. The van der Waals surface area contributed by atoms with Gasteiger partial charge in [-0.1, -0.05) is 0 Å². The molecule has 3 aromatic rings. The van der Waals surface area contributed by atoms with Crippen molar-refractivity contribution >= 4 is 0 Å². The van der Waals surface area contributed by atoms with Crippen molar-refractivity contribution in [2.45, 2.75) is 19.5 Å². The van der Waals surface area contributed by atoms with E-state index in [0.717, 1.165) is 37.4 Å². The monoisotopic (exact) mass is 296 g/mol. The molecule has 0 atom stereocenters. The summed E-state index contributed by atoms with van der Waals surface area (Å²) in [6.07, 6.45) is 6.14. The molecule has 1 aliphatic rings. The fraction of sp³-hybridized carbons (Fsp3) is 0.267. The number of aromatic nitrogens is 5. The van der Waals surface area contributed by atoms with Crippen LogP contribution in [0.5, 0.6) is 0 Å². The highest BCUT2D eigenvalue weighted by Crippen LogP contribution is 2.20. The second-order valence-corrected chi connectivity index (χ2v) is 5.28. The minimum absolute atomic E-state index is 0.149. The summed E-state index contributed by atoms with van der Waals surface area (Å²) in [4.78, 5) is 19.1. The Hall–Kier alpha value is -2.67. The zero-order chi connectivity index (χ0) is 14.9. The summed E-state index contributed by atoms with van der Waals surface area (Å²) in [5, 5.41) is 8.02. The van der Waals surface area contributed by atoms with Crippen molar-refractivity contribution in [3.8, 4) is 17.2 Å². The second-order valence-electron chi connectivity index (χ2n) is 5.28. The van der Waals surface area contributed by atoms with Gasteiger partial charge in [-0.2, -0.15) is 5.10 Å². The molecule has 0 radical (unpaired) electrons. The number of nitrogens with one attached hydrogen (secondary N) is 2. The van der Waals surface area contributed by atoms with Gasteiger partial charge in [0.25, 0.3) is 5.56 Å². The van der Waals surface area contributed by atoms with Gasteiger partial charge in [0, 0.05) is 31.7 Å². The first kappa shape index (κ1) is 13.0. The summed E-state index contributed by atoms with van der Waals surface area (Å²) in [5.74, 6) is 0.678. The van der Waals surface area contributed by atoms with Gasteiger partial charge in [0.2, 0.25) is 0 Å². The minimum Gasteiger partial charge on any atom is -0.327 e. The molecule has 7 nitrogen and oxygen atoms in total. The number of imidazole rings is 1. The normalized spacial score (nSPS) is 14.5. The van der Waals surface area contributed by atoms with Gasteiger partial charge in [-0.05, 0) is 31.2 Å². The van der Waals surface area contributed by atoms with E-state index >= 15 is 0 Å². The fourth-order valence-electron chi connectivity index (χ4n) is 2.76. The average molecular weight is 296 g/mol. The summed E-state index contributed by atoms with van der Waals surface area (Å²) >= 11 is 0. The largest absolute Gasteiger partial charge is 0.327 e. The smallest absolute Gasteiger partial charge is 0.272 e. The number of hydrogen-bond acceptors (Lipinski definition) is 4. The Labute approximate surface area is 126 Å². The van der Waals surface area contributed by atoms with Crippen molar-refractivity contribution in [1.82, 2.24) is 29.6 Å². The van der Waals surface area contributed by atoms with E-state index in [2.05, 4.69) is 20.4 Å². The summed E-state index contributed by atoms with van der Waals surface area (Å²) in [5.41, 5.74) is 2.32. The highest BCUT2D eigenvalue weighted by molar-refractivity contribution is 5.54. The van der Waals surface area contributed by atoms with Gasteiger partial charge in [0.1, 0.15) is 11.4 Å². The van der Waals surface area contributed by atoms with Gasteiger partial charge in [-0.25, -0.2) is 4.98 Å².